The molecule has 13 heavy (non-hydrogen) atoms. The van der Waals surface area contributed by atoms with E-state index in [-0.39, 0.29) is 5.16 Å². The second-order valence-electron chi connectivity index (χ2n) is 3.94. The van der Waals surface area contributed by atoms with Crippen molar-refractivity contribution in [3.8, 4) is 0 Å². The predicted molar refractivity (Wildman–Crippen MR) is 58.4 cm³/mol. The van der Waals surface area contributed by atoms with Gasteiger partial charge in [-0.15, -0.1) is 0 Å². The molecule has 0 N–H and O–H groups in total. The molecule has 0 saturated carbocycles. The van der Waals surface area contributed by atoms with Gasteiger partial charge in [0.1, 0.15) is 0 Å². The third kappa shape index (κ3) is 2.79. The van der Waals surface area contributed by atoms with Crippen molar-refractivity contribution >= 4 is 24.7 Å². The molecule has 1 aromatic rings. The molecule has 3 heteroatoms. The Morgan fingerprint density at radius 3 is 2.00 bits per heavy atom. The first kappa shape index (κ1) is 10.7. The first-order chi connectivity index (χ1) is 5.91. The molecule has 1 aromatic carbocycles. The Bertz CT molecular complexity index is 311. The second-order valence-corrected chi connectivity index (χ2v) is 6.82. The van der Waals surface area contributed by atoms with Crippen LogP contribution in [0, 0.1) is 0 Å². The van der Waals surface area contributed by atoms with Crippen LogP contribution in [0.3, 0.4) is 0 Å². The van der Waals surface area contributed by atoms with Crippen molar-refractivity contribution in [3.63, 3.8) is 0 Å². The van der Waals surface area contributed by atoms with Gasteiger partial charge in [-0.2, -0.15) is 0 Å². The van der Waals surface area contributed by atoms with Crippen LogP contribution in [0.5, 0.6) is 0 Å². The van der Waals surface area contributed by atoms with Crippen molar-refractivity contribution in [2.75, 3.05) is 0 Å². The van der Waals surface area contributed by atoms with Gasteiger partial charge in [0, 0.05) is 5.02 Å². The summed E-state index contributed by atoms with van der Waals surface area (Å²) in [6.45, 7) is 5.92. The van der Waals surface area contributed by atoms with Crippen molar-refractivity contribution in [3.05, 3.63) is 29.3 Å². The minimum absolute atomic E-state index is 0.177. The lowest BCUT2D eigenvalue weighted by Gasteiger charge is -2.04. The molecule has 70 valence electrons. The maximum atomic E-state index is 11.9. The molecule has 1 rings (SSSR count). The zero-order valence-electron chi connectivity index (χ0n) is 8.04. The van der Waals surface area contributed by atoms with Crippen molar-refractivity contribution in [1.29, 1.82) is 0 Å². The van der Waals surface area contributed by atoms with Gasteiger partial charge >= 0.3 is 7.80 Å². The molecule has 0 saturated heterocycles. The molecule has 0 heterocycles. The summed E-state index contributed by atoms with van der Waals surface area (Å²) in [6, 6.07) is 7.20. The Labute approximate surface area is 84.9 Å². The van der Waals surface area contributed by atoms with Gasteiger partial charge in [-0.1, -0.05) is 16.2 Å². The molecule has 0 radical (unpaired) electrons. The summed E-state index contributed by atoms with van der Waals surface area (Å²) < 4.78 is 11.9. The van der Waals surface area contributed by atoms with E-state index in [1.54, 1.807) is 12.1 Å². The average molecular weight is 216 g/mol. The summed E-state index contributed by atoms with van der Waals surface area (Å²) in [6.07, 6.45) is 0. The first-order valence-electron chi connectivity index (χ1n) is 4.14. The second kappa shape index (κ2) is 3.77. The van der Waals surface area contributed by atoms with Crippen molar-refractivity contribution in [2.45, 2.75) is 25.9 Å². The molecule has 1 atom stereocenters. The Balaban J connectivity index is 2.97. The number of rotatable bonds is 1. The Morgan fingerprint density at radius 1 is 1.15 bits per heavy atom. The highest BCUT2D eigenvalue weighted by molar-refractivity contribution is 7.55. The molecule has 0 aliphatic heterocycles. The molecule has 0 aliphatic carbocycles. The van der Waals surface area contributed by atoms with E-state index in [9.17, 15) is 4.57 Å². The third-order valence-corrected chi connectivity index (χ3v) is 3.91. The zero-order valence-corrected chi connectivity index (χ0v) is 9.69. The van der Waals surface area contributed by atoms with Gasteiger partial charge in [0.25, 0.3) is 0 Å². The summed E-state index contributed by atoms with van der Waals surface area (Å²) in [5.41, 5.74) is 0. The standard InChI is InChI=1S/C10H13ClOP/c1-10(2,3)13(12)9-6-4-8(11)5-7-9/h4-7H,1-3H3/q+1. The van der Waals surface area contributed by atoms with E-state index in [1.165, 1.54) is 0 Å². The molecular weight excluding hydrogens is 203 g/mol. The SMILES string of the molecule is CC(C)(C)[P+](=O)c1ccc(Cl)cc1. The fraction of sp³-hybridized carbons (Fsp3) is 0.400. The van der Waals surface area contributed by atoms with Gasteiger partial charge in [-0.3, -0.25) is 0 Å². The Hall–Kier alpha value is -0.390. The Kier molecular flexibility index (Phi) is 3.10. The molecule has 1 nitrogen and oxygen atoms in total. The number of hydrogen-bond donors (Lipinski definition) is 0. The molecule has 0 spiro atoms. The molecule has 0 aromatic heterocycles. The van der Waals surface area contributed by atoms with Crippen LogP contribution in [0.4, 0.5) is 0 Å². The van der Waals surface area contributed by atoms with Crippen LogP contribution in [0.1, 0.15) is 20.8 Å². The van der Waals surface area contributed by atoms with E-state index in [4.69, 9.17) is 11.6 Å². The first-order valence-corrected chi connectivity index (χ1v) is 5.78. The average Bonchev–Trinajstić information content (AvgIpc) is 2.03. The van der Waals surface area contributed by atoms with E-state index in [0.29, 0.717) is 5.02 Å². The van der Waals surface area contributed by atoms with Crippen molar-refractivity contribution in [1.82, 2.24) is 0 Å². The topological polar surface area (TPSA) is 17.1 Å². The maximum Gasteiger partial charge on any atom is 0.382 e. The lowest BCUT2D eigenvalue weighted by molar-refractivity contribution is 0.572. The third-order valence-electron chi connectivity index (χ3n) is 1.67. The van der Waals surface area contributed by atoms with E-state index >= 15 is 0 Å². The van der Waals surface area contributed by atoms with E-state index in [1.807, 2.05) is 32.9 Å². The van der Waals surface area contributed by atoms with Gasteiger partial charge in [0.2, 0.25) is 0 Å². The van der Waals surface area contributed by atoms with Crippen LogP contribution in [0.25, 0.3) is 0 Å². The quantitative estimate of drug-likeness (QED) is 0.655. The fourth-order valence-corrected chi connectivity index (χ4v) is 2.28. The zero-order chi connectivity index (χ0) is 10.1. The number of hydrogen-bond acceptors (Lipinski definition) is 1. The Morgan fingerprint density at radius 2 is 1.62 bits per heavy atom. The van der Waals surface area contributed by atoms with Gasteiger partial charge in [0.05, 0.1) is 0 Å². The monoisotopic (exact) mass is 215 g/mol. The lowest BCUT2D eigenvalue weighted by Crippen LogP contribution is -2.14. The van der Waals surface area contributed by atoms with Crippen LogP contribution in [-0.4, -0.2) is 5.16 Å². The summed E-state index contributed by atoms with van der Waals surface area (Å²) in [7, 11) is -1.34. The molecule has 1 unspecified atom stereocenters. The molecule has 0 amide bonds. The fourth-order valence-electron chi connectivity index (χ4n) is 0.964. The predicted octanol–water partition coefficient (Wildman–Crippen LogP) is 3.59. The van der Waals surface area contributed by atoms with Gasteiger partial charge in [-0.25, -0.2) is 0 Å². The minimum Gasteiger partial charge on any atom is -0.0843 e. The highest BCUT2D eigenvalue weighted by Crippen LogP contribution is 2.37. The minimum atomic E-state index is -1.34. The van der Waals surface area contributed by atoms with Gasteiger partial charge < -0.3 is 0 Å². The molecule has 0 bridgehead atoms. The van der Waals surface area contributed by atoms with Crippen LogP contribution < -0.4 is 5.30 Å². The van der Waals surface area contributed by atoms with Gasteiger partial charge in [-0.05, 0) is 45.0 Å². The highest BCUT2D eigenvalue weighted by Gasteiger charge is 2.36. The normalized spacial score (nSPS) is 12.8. The molecule has 0 fully saturated rings. The van der Waals surface area contributed by atoms with Crippen molar-refractivity contribution in [2.24, 2.45) is 0 Å². The number of halogens is 1. The van der Waals surface area contributed by atoms with Gasteiger partial charge in [0.15, 0.2) is 10.5 Å². The highest BCUT2D eigenvalue weighted by atomic mass is 35.5. The molecular formula is C10H13ClOP+. The maximum absolute atomic E-state index is 11.9. The van der Waals surface area contributed by atoms with Crippen LogP contribution in [-0.2, 0) is 4.57 Å². The van der Waals surface area contributed by atoms with E-state index in [2.05, 4.69) is 0 Å². The summed E-state index contributed by atoms with van der Waals surface area (Å²) >= 11 is 5.74. The number of benzene rings is 1. The molecule has 0 aliphatic rings. The summed E-state index contributed by atoms with van der Waals surface area (Å²) in [4.78, 5) is 0. The van der Waals surface area contributed by atoms with Crippen LogP contribution in [0.2, 0.25) is 5.02 Å². The van der Waals surface area contributed by atoms with Crippen LogP contribution >= 0.6 is 19.4 Å². The smallest absolute Gasteiger partial charge is 0.0843 e. The summed E-state index contributed by atoms with van der Waals surface area (Å²) in [5, 5.41) is 1.37. The van der Waals surface area contributed by atoms with E-state index in [0.717, 1.165) is 5.30 Å². The lowest BCUT2D eigenvalue weighted by atomic mass is 10.3. The van der Waals surface area contributed by atoms with E-state index < -0.39 is 7.80 Å². The largest absolute Gasteiger partial charge is 0.382 e. The summed E-state index contributed by atoms with van der Waals surface area (Å²) in [5.74, 6) is 0. The van der Waals surface area contributed by atoms with Crippen molar-refractivity contribution < 1.29 is 4.57 Å². The van der Waals surface area contributed by atoms with Crippen LogP contribution in [0.15, 0.2) is 24.3 Å².